The van der Waals surface area contributed by atoms with Crippen LogP contribution in [0.5, 0.6) is 0 Å². The maximum atomic E-state index is 11.9. The number of H-pyrrole nitrogens is 1. The number of hydrogen-bond donors (Lipinski definition) is 3. The summed E-state index contributed by atoms with van der Waals surface area (Å²) in [6.45, 7) is 2.01. The number of hydrogen-bond acceptors (Lipinski definition) is 4. The molecule has 1 aromatic heterocycles. The molecular weight excluding hydrogens is 280 g/mol. The Hall–Kier alpha value is -2.21. The molecule has 1 saturated carbocycles. The normalized spacial score (nSPS) is 17.0. The largest absolute Gasteiger partial charge is 0.389 e. The van der Waals surface area contributed by atoms with Crippen molar-refractivity contribution in [2.24, 2.45) is 5.92 Å². The third-order valence-electron chi connectivity index (χ3n) is 3.99. The number of carbonyl (C=O) groups is 1. The van der Waals surface area contributed by atoms with Crippen LogP contribution < -0.4 is 5.32 Å². The van der Waals surface area contributed by atoms with Gasteiger partial charge >= 0.3 is 0 Å². The van der Waals surface area contributed by atoms with Crippen LogP contribution in [-0.4, -0.2) is 31.8 Å². The summed E-state index contributed by atoms with van der Waals surface area (Å²) >= 11 is 0. The van der Waals surface area contributed by atoms with Gasteiger partial charge in [-0.2, -0.15) is 5.10 Å². The molecule has 3 rings (SSSR count). The van der Waals surface area contributed by atoms with Gasteiger partial charge in [0.15, 0.2) is 5.82 Å². The lowest BCUT2D eigenvalue weighted by Crippen LogP contribution is -2.36. The second-order valence-corrected chi connectivity index (χ2v) is 6.06. The summed E-state index contributed by atoms with van der Waals surface area (Å²) in [4.78, 5) is 16.3. The van der Waals surface area contributed by atoms with Gasteiger partial charge in [0.25, 0.3) is 0 Å². The topological polar surface area (TPSA) is 90.9 Å². The minimum atomic E-state index is -0.902. The van der Waals surface area contributed by atoms with Crippen LogP contribution >= 0.6 is 0 Å². The van der Waals surface area contributed by atoms with E-state index in [1.165, 1.54) is 0 Å². The fourth-order valence-corrected chi connectivity index (χ4v) is 2.51. The molecule has 2 aromatic rings. The average Bonchev–Trinajstić information content (AvgIpc) is 3.26. The molecule has 3 N–H and O–H groups in total. The van der Waals surface area contributed by atoms with Crippen molar-refractivity contribution in [1.29, 1.82) is 0 Å². The number of benzene rings is 1. The van der Waals surface area contributed by atoms with Gasteiger partial charge in [-0.3, -0.25) is 9.89 Å². The SMILES string of the molecule is CC(O)(CC(=O)NCc1nc(-c2ccccc2)n[nH]1)C1CC1. The van der Waals surface area contributed by atoms with Crippen molar-refractivity contribution in [2.75, 3.05) is 0 Å². The highest BCUT2D eigenvalue weighted by Crippen LogP contribution is 2.41. The summed E-state index contributed by atoms with van der Waals surface area (Å²) < 4.78 is 0. The highest BCUT2D eigenvalue weighted by atomic mass is 16.3. The van der Waals surface area contributed by atoms with E-state index in [2.05, 4.69) is 20.5 Å². The molecule has 0 saturated heterocycles. The number of aliphatic hydroxyl groups is 1. The van der Waals surface area contributed by atoms with E-state index in [-0.39, 0.29) is 24.8 Å². The third kappa shape index (κ3) is 3.51. The molecule has 1 heterocycles. The summed E-state index contributed by atoms with van der Waals surface area (Å²) in [6.07, 6.45) is 2.13. The van der Waals surface area contributed by atoms with Crippen LogP contribution in [0.2, 0.25) is 0 Å². The van der Waals surface area contributed by atoms with Gasteiger partial charge < -0.3 is 10.4 Å². The van der Waals surface area contributed by atoms with Crippen molar-refractivity contribution in [3.8, 4) is 11.4 Å². The van der Waals surface area contributed by atoms with Gasteiger partial charge in [-0.15, -0.1) is 0 Å². The van der Waals surface area contributed by atoms with Gasteiger partial charge in [0.2, 0.25) is 5.91 Å². The second-order valence-electron chi connectivity index (χ2n) is 6.06. The quantitative estimate of drug-likeness (QED) is 0.756. The highest BCUT2D eigenvalue weighted by molar-refractivity contribution is 5.77. The summed E-state index contributed by atoms with van der Waals surface area (Å²) in [7, 11) is 0. The zero-order valence-corrected chi connectivity index (χ0v) is 12.5. The van der Waals surface area contributed by atoms with Crippen LogP contribution in [0.4, 0.5) is 0 Å². The van der Waals surface area contributed by atoms with Crippen molar-refractivity contribution >= 4 is 5.91 Å². The van der Waals surface area contributed by atoms with E-state index in [1.807, 2.05) is 30.3 Å². The van der Waals surface area contributed by atoms with Crippen LogP contribution in [0.1, 0.15) is 32.0 Å². The molecule has 1 aromatic carbocycles. The Morgan fingerprint density at radius 1 is 1.41 bits per heavy atom. The lowest BCUT2D eigenvalue weighted by atomic mass is 9.96. The molecule has 1 aliphatic carbocycles. The van der Waals surface area contributed by atoms with Crippen molar-refractivity contribution < 1.29 is 9.90 Å². The van der Waals surface area contributed by atoms with E-state index in [0.29, 0.717) is 11.6 Å². The van der Waals surface area contributed by atoms with Gasteiger partial charge in [-0.1, -0.05) is 30.3 Å². The Morgan fingerprint density at radius 2 is 2.14 bits per heavy atom. The Morgan fingerprint density at radius 3 is 2.82 bits per heavy atom. The van der Waals surface area contributed by atoms with E-state index in [4.69, 9.17) is 0 Å². The number of carbonyl (C=O) groups excluding carboxylic acids is 1. The van der Waals surface area contributed by atoms with E-state index in [0.717, 1.165) is 18.4 Å². The number of nitrogens with one attached hydrogen (secondary N) is 2. The summed E-state index contributed by atoms with van der Waals surface area (Å²) in [5.74, 6) is 1.29. The Balaban J connectivity index is 1.54. The minimum absolute atomic E-state index is 0.122. The van der Waals surface area contributed by atoms with Crippen LogP contribution in [0, 0.1) is 5.92 Å². The van der Waals surface area contributed by atoms with Gasteiger partial charge in [-0.25, -0.2) is 4.98 Å². The predicted molar refractivity (Wildman–Crippen MR) is 81.6 cm³/mol. The summed E-state index contributed by atoms with van der Waals surface area (Å²) in [5, 5.41) is 19.9. The molecular formula is C16H20N4O2. The van der Waals surface area contributed by atoms with E-state index < -0.39 is 5.60 Å². The molecule has 0 radical (unpaired) electrons. The molecule has 1 atom stereocenters. The standard InChI is InChI=1S/C16H20N4O2/c1-16(22,12-7-8-12)9-14(21)17-10-13-18-15(20-19-13)11-5-3-2-4-6-11/h2-6,12,22H,7-10H2,1H3,(H,17,21)(H,18,19,20). The van der Waals surface area contributed by atoms with E-state index in [9.17, 15) is 9.90 Å². The predicted octanol–water partition coefficient (Wildman–Crippen LogP) is 1.64. The first-order chi connectivity index (χ1) is 10.5. The number of amides is 1. The maximum Gasteiger partial charge on any atom is 0.223 e. The maximum absolute atomic E-state index is 11.9. The number of aromatic amines is 1. The summed E-state index contributed by atoms with van der Waals surface area (Å²) in [5.41, 5.74) is 0.0220. The zero-order chi connectivity index (χ0) is 15.6. The second kappa shape index (κ2) is 5.88. The molecule has 1 unspecified atom stereocenters. The van der Waals surface area contributed by atoms with Crippen molar-refractivity contribution in [2.45, 2.75) is 38.3 Å². The van der Waals surface area contributed by atoms with Crippen molar-refractivity contribution in [3.63, 3.8) is 0 Å². The average molecular weight is 300 g/mol. The fraction of sp³-hybridized carbons (Fsp3) is 0.438. The Labute approximate surface area is 129 Å². The molecule has 6 heteroatoms. The minimum Gasteiger partial charge on any atom is -0.389 e. The van der Waals surface area contributed by atoms with Gasteiger partial charge in [0.05, 0.1) is 18.6 Å². The van der Waals surface area contributed by atoms with Crippen LogP contribution in [0.3, 0.4) is 0 Å². The monoisotopic (exact) mass is 300 g/mol. The lowest BCUT2D eigenvalue weighted by molar-refractivity contribution is -0.126. The lowest BCUT2D eigenvalue weighted by Gasteiger charge is -2.21. The molecule has 0 spiro atoms. The molecule has 116 valence electrons. The fourth-order valence-electron chi connectivity index (χ4n) is 2.51. The van der Waals surface area contributed by atoms with E-state index >= 15 is 0 Å². The van der Waals surface area contributed by atoms with Gasteiger partial charge in [0.1, 0.15) is 5.82 Å². The zero-order valence-electron chi connectivity index (χ0n) is 12.5. The Kier molecular flexibility index (Phi) is 3.94. The first-order valence-electron chi connectivity index (χ1n) is 7.50. The van der Waals surface area contributed by atoms with Crippen molar-refractivity contribution in [1.82, 2.24) is 20.5 Å². The van der Waals surface area contributed by atoms with Crippen LogP contribution in [0.25, 0.3) is 11.4 Å². The van der Waals surface area contributed by atoms with Crippen molar-refractivity contribution in [3.05, 3.63) is 36.2 Å². The van der Waals surface area contributed by atoms with E-state index in [1.54, 1.807) is 6.92 Å². The third-order valence-corrected chi connectivity index (χ3v) is 3.99. The molecule has 1 aliphatic rings. The van der Waals surface area contributed by atoms with Crippen LogP contribution in [-0.2, 0) is 11.3 Å². The molecule has 1 fully saturated rings. The Bertz CT molecular complexity index is 647. The molecule has 1 amide bonds. The van der Waals surface area contributed by atoms with Gasteiger partial charge in [-0.05, 0) is 25.7 Å². The molecule has 6 nitrogen and oxygen atoms in total. The molecule has 0 aliphatic heterocycles. The summed E-state index contributed by atoms with van der Waals surface area (Å²) in [6, 6.07) is 9.64. The molecule has 22 heavy (non-hydrogen) atoms. The smallest absolute Gasteiger partial charge is 0.223 e. The van der Waals surface area contributed by atoms with Gasteiger partial charge in [0, 0.05) is 5.56 Å². The number of aromatic nitrogens is 3. The highest BCUT2D eigenvalue weighted by Gasteiger charge is 2.41. The number of nitrogens with zero attached hydrogens (tertiary/aromatic N) is 2. The van der Waals surface area contributed by atoms with Crippen LogP contribution in [0.15, 0.2) is 30.3 Å². The first kappa shape index (κ1) is 14.7. The molecule has 0 bridgehead atoms. The number of rotatable bonds is 6. The first-order valence-corrected chi connectivity index (χ1v) is 7.50.